The topological polar surface area (TPSA) is 3.24 Å². The van der Waals surface area contributed by atoms with Crippen LogP contribution in [0.3, 0.4) is 0 Å². The Balaban J connectivity index is 2.06. The molecule has 1 heterocycles. The molecule has 0 aliphatic carbocycles. The third-order valence-corrected chi connectivity index (χ3v) is 1.96. The molecule has 1 heteroatoms. The van der Waals surface area contributed by atoms with Gasteiger partial charge in [0, 0.05) is 6.54 Å². The van der Waals surface area contributed by atoms with Gasteiger partial charge in [0.1, 0.15) is 0 Å². The van der Waals surface area contributed by atoms with Crippen LogP contribution in [0, 0.1) is 0 Å². The number of allylic oxidation sites excluding steroid dienone is 1. The predicted octanol–water partition coefficient (Wildman–Crippen LogP) is 2.05. The van der Waals surface area contributed by atoms with Gasteiger partial charge >= 0.3 is 0 Å². The van der Waals surface area contributed by atoms with Gasteiger partial charge in [-0.25, -0.2) is 0 Å². The van der Waals surface area contributed by atoms with E-state index in [-0.39, 0.29) is 0 Å². The lowest BCUT2D eigenvalue weighted by atomic mass is 10.4. The second-order valence-corrected chi connectivity index (χ2v) is 2.89. The van der Waals surface area contributed by atoms with Crippen molar-refractivity contribution in [2.24, 2.45) is 0 Å². The summed E-state index contributed by atoms with van der Waals surface area (Å²) in [7, 11) is 0. The van der Waals surface area contributed by atoms with Gasteiger partial charge in [-0.15, -0.1) is 0 Å². The van der Waals surface area contributed by atoms with Crippen molar-refractivity contribution in [3.63, 3.8) is 0 Å². The van der Waals surface area contributed by atoms with Gasteiger partial charge in [-0.05, 0) is 32.4 Å². The Hall–Kier alpha value is -0.300. The zero-order valence-electron chi connectivity index (χ0n) is 6.84. The van der Waals surface area contributed by atoms with Crippen LogP contribution >= 0.6 is 0 Å². The molecule has 0 spiro atoms. The third-order valence-electron chi connectivity index (χ3n) is 1.96. The zero-order chi connectivity index (χ0) is 7.23. The van der Waals surface area contributed by atoms with Crippen molar-refractivity contribution in [3.05, 3.63) is 12.2 Å². The van der Waals surface area contributed by atoms with Gasteiger partial charge in [-0.2, -0.15) is 0 Å². The van der Waals surface area contributed by atoms with Gasteiger partial charge < -0.3 is 0 Å². The molecule has 0 unspecified atom stereocenters. The average Bonchev–Trinajstić information content (AvgIpc) is 2.41. The number of likely N-dealkylation sites (tertiary alicyclic amines) is 1. The minimum absolute atomic E-state index is 1.17. The summed E-state index contributed by atoms with van der Waals surface area (Å²) in [6.07, 6.45) is 8.51. The van der Waals surface area contributed by atoms with E-state index >= 15 is 0 Å². The summed E-state index contributed by atoms with van der Waals surface area (Å²) in [5.41, 5.74) is 0. The molecule has 0 amide bonds. The van der Waals surface area contributed by atoms with E-state index in [9.17, 15) is 0 Å². The molecule has 58 valence electrons. The fraction of sp³-hybridized carbons (Fsp3) is 0.778. The Kier molecular flexibility index (Phi) is 3.52. The van der Waals surface area contributed by atoms with Gasteiger partial charge in [-0.1, -0.05) is 19.1 Å². The maximum atomic E-state index is 2.51. The van der Waals surface area contributed by atoms with Gasteiger partial charge in [0.05, 0.1) is 0 Å². The van der Waals surface area contributed by atoms with Crippen LogP contribution < -0.4 is 0 Å². The highest BCUT2D eigenvalue weighted by Gasteiger charge is 2.08. The zero-order valence-corrected chi connectivity index (χ0v) is 6.84. The Bertz CT molecular complexity index is 101. The van der Waals surface area contributed by atoms with E-state index in [0.29, 0.717) is 0 Å². The van der Waals surface area contributed by atoms with Crippen LogP contribution in [0.1, 0.15) is 26.2 Å². The molecule has 1 nitrogen and oxygen atoms in total. The van der Waals surface area contributed by atoms with Crippen molar-refractivity contribution in [2.75, 3.05) is 19.6 Å². The molecule has 0 aromatic carbocycles. The first-order valence-corrected chi connectivity index (χ1v) is 4.31. The maximum absolute atomic E-state index is 2.51. The lowest BCUT2D eigenvalue weighted by Gasteiger charge is -2.09. The van der Waals surface area contributed by atoms with Crippen molar-refractivity contribution in [1.82, 2.24) is 4.90 Å². The van der Waals surface area contributed by atoms with Crippen molar-refractivity contribution in [1.29, 1.82) is 0 Å². The normalized spacial score (nSPS) is 20.9. The van der Waals surface area contributed by atoms with Crippen molar-refractivity contribution >= 4 is 0 Å². The number of rotatable bonds is 3. The van der Waals surface area contributed by atoms with Crippen LogP contribution in [0.5, 0.6) is 0 Å². The molecule has 0 N–H and O–H groups in total. The molecule has 0 bridgehead atoms. The van der Waals surface area contributed by atoms with E-state index in [1.165, 1.54) is 38.9 Å². The molecule has 0 saturated carbocycles. The highest BCUT2D eigenvalue weighted by Crippen LogP contribution is 2.06. The van der Waals surface area contributed by atoms with Crippen LogP contribution in [0.15, 0.2) is 12.2 Å². The summed E-state index contributed by atoms with van der Waals surface area (Å²) in [6.45, 7) is 5.98. The monoisotopic (exact) mass is 139 g/mol. The Labute approximate surface area is 63.7 Å². The average molecular weight is 139 g/mol. The van der Waals surface area contributed by atoms with Crippen LogP contribution in [0.2, 0.25) is 0 Å². The van der Waals surface area contributed by atoms with Crippen LogP contribution in [0.25, 0.3) is 0 Å². The molecule has 0 radical (unpaired) electrons. The molecule has 10 heavy (non-hydrogen) atoms. The smallest absolute Gasteiger partial charge is 0.0163 e. The van der Waals surface area contributed by atoms with Crippen LogP contribution in [-0.2, 0) is 0 Å². The molecule has 0 atom stereocenters. The fourth-order valence-corrected chi connectivity index (χ4v) is 1.36. The Morgan fingerprint density at radius 1 is 1.20 bits per heavy atom. The molecule has 1 aliphatic heterocycles. The summed E-state index contributed by atoms with van der Waals surface area (Å²) in [6, 6.07) is 0. The van der Waals surface area contributed by atoms with E-state index in [1.54, 1.807) is 0 Å². The lowest BCUT2D eigenvalue weighted by Crippen LogP contribution is -2.18. The van der Waals surface area contributed by atoms with E-state index in [0.717, 1.165) is 0 Å². The van der Waals surface area contributed by atoms with Gasteiger partial charge in [0.2, 0.25) is 0 Å². The summed E-state index contributed by atoms with van der Waals surface area (Å²) < 4.78 is 0. The number of hydrogen-bond acceptors (Lipinski definition) is 1. The molecule has 0 aromatic rings. The van der Waals surface area contributed by atoms with Crippen molar-refractivity contribution < 1.29 is 0 Å². The standard InChI is InChI=1S/C9H17N/c1-2-3-4-7-10-8-5-6-9-10/h3-4H,2,5-9H2,1H3/b4-3+. The van der Waals surface area contributed by atoms with E-state index < -0.39 is 0 Å². The molecule has 1 fully saturated rings. The Morgan fingerprint density at radius 3 is 2.50 bits per heavy atom. The van der Waals surface area contributed by atoms with Crippen molar-refractivity contribution in [2.45, 2.75) is 26.2 Å². The molecule has 1 rings (SSSR count). The van der Waals surface area contributed by atoms with E-state index in [1.807, 2.05) is 0 Å². The minimum atomic E-state index is 1.17. The molecule has 1 saturated heterocycles. The third kappa shape index (κ3) is 2.53. The maximum Gasteiger partial charge on any atom is 0.0163 e. The molecule has 1 aliphatic rings. The number of hydrogen-bond donors (Lipinski definition) is 0. The van der Waals surface area contributed by atoms with Gasteiger partial charge in [0.25, 0.3) is 0 Å². The largest absolute Gasteiger partial charge is 0.300 e. The molecular formula is C9H17N. The predicted molar refractivity (Wildman–Crippen MR) is 45.1 cm³/mol. The van der Waals surface area contributed by atoms with E-state index in [4.69, 9.17) is 0 Å². The summed E-state index contributed by atoms with van der Waals surface area (Å²) in [5.74, 6) is 0. The van der Waals surface area contributed by atoms with Crippen LogP contribution in [-0.4, -0.2) is 24.5 Å². The van der Waals surface area contributed by atoms with E-state index in [2.05, 4.69) is 24.0 Å². The summed E-state index contributed by atoms with van der Waals surface area (Å²) in [4.78, 5) is 2.51. The van der Waals surface area contributed by atoms with Crippen molar-refractivity contribution in [3.8, 4) is 0 Å². The molecular weight excluding hydrogens is 122 g/mol. The highest BCUT2D eigenvalue weighted by atomic mass is 15.1. The SMILES string of the molecule is CC/C=C/CN1CCCC1. The first kappa shape index (κ1) is 7.80. The lowest BCUT2D eigenvalue weighted by molar-refractivity contribution is 0.377. The fourth-order valence-electron chi connectivity index (χ4n) is 1.36. The van der Waals surface area contributed by atoms with Gasteiger partial charge in [-0.3, -0.25) is 4.90 Å². The summed E-state index contributed by atoms with van der Waals surface area (Å²) in [5, 5.41) is 0. The summed E-state index contributed by atoms with van der Waals surface area (Å²) >= 11 is 0. The minimum Gasteiger partial charge on any atom is -0.300 e. The first-order chi connectivity index (χ1) is 4.93. The first-order valence-electron chi connectivity index (χ1n) is 4.31. The van der Waals surface area contributed by atoms with Gasteiger partial charge in [0.15, 0.2) is 0 Å². The Morgan fingerprint density at radius 2 is 1.90 bits per heavy atom. The number of nitrogens with zero attached hydrogens (tertiary/aromatic N) is 1. The van der Waals surface area contributed by atoms with Crippen LogP contribution in [0.4, 0.5) is 0 Å². The quantitative estimate of drug-likeness (QED) is 0.541. The molecule has 0 aromatic heterocycles. The second-order valence-electron chi connectivity index (χ2n) is 2.89. The highest BCUT2D eigenvalue weighted by molar-refractivity contribution is 4.84. The second kappa shape index (κ2) is 4.51.